The van der Waals surface area contributed by atoms with Crippen molar-refractivity contribution in [1.82, 2.24) is 9.97 Å². The highest BCUT2D eigenvalue weighted by Gasteiger charge is 2.40. The molecule has 1 aliphatic carbocycles. The second kappa shape index (κ2) is 6.81. The Bertz CT molecular complexity index is 649. The molecule has 3 rings (SSSR count). The van der Waals surface area contributed by atoms with Gasteiger partial charge >= 0.3 is 0 Å². The Balaban J connectivity index is 1.90. The second-order valence-electron chi connectivity index (χ2n) is 6.85. The maximum Gasteiger partial charge on any atom is 0.254 e. The summed E-state index contributed by atoms with van der Waals surface area (Å²) >= 11 is 1.41. The van der Waals surface area contributed by atoms with E-state index in [1.807, 2.05) is 25.3 Å². The summed E-state index contributed by atoms with van der Waals surface area (Å²) in [7, 11) is 0. The first-order chi connectivity index (χ1) is 11.0. The van der Waals surface area contributed by atoms with Crippen LogP contribution in [0.1, 0.15) is 68.4 Å². The Morgan fingerprint density at radius 1 is 1.39 bits per heavy atom. The van der Waals surface area contributed by atoms with E-state index in [9.17, 15) is 9.90 Å². The van der Waals surface area contributed by atoms with Crippen molar-refractivity contribution in [2.45, 2.75) is 69.6 Å². The van der Waals surface area contributed by atoms with E-state index in [2.05, 4.69) is 4.98 Å². The molecule has 0 spiro atoms. The van der Waals surface area contributed by atoms with Crippen LogP contribution in [0.5, 0.6) is 0 Å². The molecule has 1 saturated carbocycles. The maximum absolute atomic E-state index is 12.4. The minimum Gasteiger partial charge on any atom is -0.378 e. The molecule has 2 heterocycles. The minimum absolute atomic E-state index is 0.0652. The molecule has 5 heteroatoms. The normalized spacial score (nSPS) is 28.4. The highest BCUT2D eigenvalue weighted by molar-refractivity contribution is 8.03. The van der Waals surface area contributed by atoms with Crippen LogP contribution in [0.3, 0.4) is 0 Å². The van der Waals surface area contributed by atoms with Crippen molar-refractivity contribution in [2.75, 3.05) is 0 Å². The number of aromatic nitrogens is 2. The van der Waals surface area contributed by atoms with Gasteiger partial charge < -0.3 is 10.1 Å². The van der Waals surface area contributed by atoms with Gasteiger partial charge in [0.1, 0.15) is 10.8 Å². The fourth-order valence-corrected chi connectivity index (χ4v) is 4.65. The Kier molecular flexibility index (Phi) is 4.97. The topological polar surface area (TPSA) is 66.0 Å². The van der Waals surface area contributed by atoms with Crippen molar-refractivity contribution in [3.8, 4) is 0 Å². The Hall–Kier alpha value is -1.07. The summed E-state index contributed by atoms with van der Waals surface area (Å²) < 4.78 is 0. The summed E-state index contributed by atoms with van der Waals surface area (Å²) in [5, 5.41) is 12.6. The Morgan fingerprint density at radius 2 is 2.13 bits per heavy atom. The smallest absolute Gasteiger partial charge is 0.254 e. The lowest BCUT2D eigenvalue weighted by molar-refractivity contribution is 0.118. The third kappa shape index (κ3) is 3.41. The molecule has 1 aromatic heterocycles. The molecule has 1 aliphatic heterocycles. The molecule has 2 unspecified atom stereocenters. The van der Waals surface area contributed by atoms with Gasteiger partial charge in [0.05, 0.1) is 11.6 Å². The van der Waals surface area contributed by atoms with Crippen molar-refractivity contribution in [3.05, 3.63) is 38.9 Å². The number of hydrogen-bond donors (Lipinski definition) is 2. The number of thioether (sulfide) groups is 1. The van der Waals surface area contributed by atoms with Crippen molar-refractivity contribution < 1.29 is 5.11 Å². The average molecular weight is 334 g/mol. The zero-order valence-corrected chi connectivity index (χ0v) is 14.8. The quantitative estimate of drug-likeness (QED) is 0.882. The molecule has 2 N–H and O–H groups in total. The summed E-state index contributed by atoms with van der Waals surface area (Å²) in [5.41, 5.74) is 1.58. The summed E-state index contributed by atoms with van der Waals surface area (Å²) in [6, 6.07) is 0. The molecule has 0 radical (unpaired) electrons. The highest BCUT2D eigenvalue weighted by Crippen LogP contribution is 2.45. The van der Waals surface area contributed by atoms with Crippen LogP contribution in [0.2, 0.25) is 0 Å². The molecule has 126 valence electrons. The van der Waals surface area contributed by atoms with E-state index in [4.69, 9.17) is 4.98 Å². The van der Waals surface area contributed by atoms with Gasteiger partial charge in [-0.3, -0.25) is 4.79 Å². The summed E-state index contributed by atoms with van der Waals surface area (Å²) in [5.74, 6) is 1.01. The van der Waals surface area contributed by atoms with Gasteiger partial charge in [-0.05, 0) is 31.1 Å². The zero-order valence-electron chi connectivity index (χ0n) is 14.0. The molecule has 0 aromatic carbocycles. The van der Waals surface area contributed by atoms with E-state index in [0.29, 0.717) is 18.2 Å². The van der Waals surface area contributed by atoms with Gasteiger partial charge in [0.2, 0.25) is 0 Å². The van der Waals surface area contributed by atoms with E-state index in [-0.39, 0.29) is 11.5 Å². The van der Waals surface area contributed by atoms with Crippen LogP contribution in [0.4, 0.5) is 0 Å². The van der Waals surface area contributed by atoms with Crippen molar-refractivity contribution in [3.63, 3.8) is 0 Å². The summed E-state index contributed by atoms with van der Waals surface area (Å²) in [4.78, 5) is 19.1. The molecular formula is C18H26N2O2S. The van der Waals surface area contributed by atoms with Gasteiger partial charge in [0.25, 0.3) is 5.56 Å². The lowest BCUT2D eigenvalue weighted by Gasteiger charge is -2.27. The van der Waals surface area contributed by atoms with Crippen LogP contribution in [-0.2, 0) is 6.42 Å². The van der Waals surface area contributed by atoms with E-state index < -0.39 is 4.93 Å². The van der Waals surface area contributed by atoms with Crippen molar-refractivity contribution in [2.24, 2.45) is 5.92 Å². The SMILES string of the molecule is CCC1(O)SC=CC1c1nc(CC2CCCCC2)c(C)c(=O)[nH]1. The zero-order chi connectivity index (χ0) is 16.4. The molecule has 0 amide bonds. The number of aliphatic hydroxyl groups is 1. The third-order valence-electron chi connectivity index (χ3n) is 5.31. The van der Waals surface area contributed by atoms with Crippen LogP contribution in [0.25, 0.3) is 0 Å². The van der Waals surface area contributed by atoms with Crippen molar-refractivity contribution in [1.29, 1.82) is 0 Å². The first-order valence-corrected chi connectivity index (χ1v) is 9.58. The monoisotopic (exact) mass is 334 g/mol. The first kappa shape index (κ1) is 16.8. The van der Waals surface area contributed by atoms with Crippen LogP contribution in [0.15, 0.2) is 16.3 Å². The lowest BCUT2D eigenvalue weighted by atomic mass is 9.85. The number of aromatic amines is 1. The number of nitrogens with one attached hydrogen (secondary N) is 1. The lowest BCUT2D eigenvalue weighted by Crippen LogP contribution is -2.31. The number of rotatable bonds is 4. The molecule has 2 atom stereocenters. The molecule has 1 aromatic rings. The van der Waals surface area contributed by atoms with Gasteiger partial charge in [-0.2, -0.15) is 0 Å². The molecule has 1 fully saturated rings. The van der Waals surface area contributed by atoms with Crippen LogP contribution >= 0.6 is 11.8 Å². The molecular weight excluding hydrogens is 308 g/mol. The molecule has 4 nitrogen and oxygen atoms in total. The van der Waals surface area contributed by atoms with E-state index in [1.165, 1.54) is 43.9 Å². The van der Waals surface area contributed by atoms with Gasteiger partial charge in [0, 0.05) is 5.56 Å². The Morgan fingerprint density at radius 3 is 2.83 bits per heavy atom. The summed E-state index contributed by atoms with van der Waals surface area (Å²) in [6.45, 7) is 3.82. The van der Waals surface area contributed by atoms with Gasteiger partial charge in [-0.25, -0.2) is 4.98 Å². The second-order valence-corrected chi connectivity index (χ2v) is 8.07. The number of H-pyrrole nitrogens is 1. The predicted octanol–water partition coefficient (Wildman–Crippen LogP) is 3.64. The fourth-order valence-electron chi connectivity index (χ4n) is 3.68. The summed E-state index contributed by atoms with van der Waals surface area (Å²) in [6.07, 6.45) is 9.84. The van der Waals surface area contributed by atoms with E-state index >= 15 is 0 Å². The number of nitrogens with zero attached hydrogens (tertiary/aromatic N) is 1. The molecule has 0 saturated heterocycles. The maximum atomic E-state index is 12.4. The third-order valence-corrected chi connectivity index (χ3v) is 6.55. The predicted molar refractivity (Wildman–Crippen MR) is 94.6 cm³/mol. The van der Waals surface area contributed by atoms with Gasteiger partial charge in [-0.1, -0.05) is 56.9 Å². The Labute approximate surface area is 141 Å². The van der Waals surface area contributed by atoms with Crippen molar-refractivity contribution >= 4 is 11.8 Å². The number of hydrogen-bond acceptors (Lipinski definition) is 4. The standard InChI is InChI=1S/C18H26N2O2S/c1-3-18(22)14(9-10-23-18)16-19-15(12(2)17(21)20-16)11-13-7-5-4-6-8-13/h9-10,13-14,22H,3-8,11H2,1-2H3,(H,19,20,21). The van der Waals surface area contributed by atoms with E-state index in [1.54, 1.807) is 0 Å². The van der Waals surface area contributed by atoms with Crippen LogP contribution in [-0.4, -0.2) is 20.0 Å². The van der Waals surface area contributed by atoms with Gasteiger partial charge in [0.15, 0.2) is 0 Å². The molecule has 0 bridgehead atoms. The van der Waals surface area contributed by atoms with Crippen LogP contribution in [0, 0.1) is 12.8 Å². The molecule has 2 aliphatic rings. The van der Waals surface area contributed by atoms with E-state index in [0.717, 1.165) is 17.7 Å². The largest absolute Gasteiger partial charge is 0.378 e. The highest BCUT2D eigenvalue weighted by atomic mass is 32.2. The minimum atomic E-state index is -0.896. The first-order valence-electron chi connectivity index (χ1n) is 8.70. The molecule has 23 heavy (non-hydrogen) atoms. The van der Waals surface area contributed by atoms with Crippen LogP contribution < -0.4 is 5.56 Å². The fraction of sp³-hybridized carbons (Fsp3) is 0.667. The average Bonchev–Trinajstić information content (AvgIpc) is 2.95. The van der Waals surface area contributed by atoms with Gasteiger partial charge in [-0.15, -0.1) is 0 Å².